The Balaban J connectivity index is 1.48. The summed E-state index contributed by atoms with van der Waals surface area (Å²) >= 11 is 7.29. The van der Waals surface area contributed by atoms with E-state index < -0.39 is 0 Å². The van der Waals surface area contributed by atoms with Crippen LogP contribution in [0.3, 0.4) is 0 Å². The molecule has 2 amide bonds. The fourth-order valence-corrected chi connectivity index (χ4v) is 3.83. The number of aromatic nitrogens is 4. The first-order valence-electron chi connectivity index (χ1n) is 9.65. The zero-order valence-electron chi connectivity index (χ0n) is 17.0. The predicted octanol–water partition coefficient (Wildman–Crippen LogP) is 4.40. The van der Waals surface area contributed by atoms with Crippen molar-refractivity contribution < 1.29 is 9.59 Å². The molecule has 2 aromatic carbocycles. The van der Waals surface area contributed by atoms with Crippen molar-refractivity contribution in [3.8, 4) is 11.4 Å². The van der Waals surface area contributed by atoms with Gasteiger partial charge in [-0.05, 0) is 60.7 Å². The van der Waals surface area contributed by atoms with Crippen molar-refractivity contribution in [1.29, 1.82) is 0 Å². The van der Waals surface area contributed by atoms with Crippen LogP contribution < -0.4 is 10.6 Å². The van der Waals surface area contributed by atoms with E-state index in [1.54, 1.807) is 36.4 Å². The van der Waals surface area contributed by atoms with Gasteiger partial charge in [0.25, 0.3) is 0 Å². The molecule has 0 saturated heterocycles. The number of benzene rings is 2. The monoisotopic (exact) mass is 466 g/mol. The first kappa shape index (κ1) is 21.7. The Morgan fingerprint density at radius 3 is 2.19 bits per heavy atom. The lowest BCUT2D eigenvalue weighted by atomic mass is 10.2. The summed E-state index contributed by atoms with van der Waals surface area (Å²) in [7, 11) is 0. The first-order valence-corrected chi connectivity index (χ1v) is 11.0. The molecule has 0 saturated carbocycles. The molecular formula is C22H19ClN6O2S. The van der Waals surface area contributed by atoms with Crippen molar-refractivity contribution >= 4 is 46.6 Å². The topological polar surface area (TPSA) is 93.8 Å². The lowest BCUT2D eigenvalue weighted by Gasteiger charge is -2.11. The van der Waals surface area contributed by atoms with Gasteiger partial charge in [-0.2, -0.15) is 0 Å². The maximum absolute atomic E-state index is 12.5. The lowest BCUT2D eigenvalue weighted by molar-refractivity contribution is -0.114. The van der Waals surface area contributed by atoms with E-state index in [4.69, 9.17) is 11.6 Å². The minimum Gasteiger partial charge on any atom is -0.326 e. The summed E-state index contributed by atoms with van der Waals surface area (Å²) in [6.07, 6.45) is 3.76. The number of halogens is 1. The second-order valence-electron chi connectivity index (χ2n) is 6.78. The third-order valence-corrected chi connectivity index (χ3v) is 5.53. The smallest absolute Gasteiger partial charge is 0.234 e. The van der Waals surface area contributed by atoms with Crippen molar-refractivity contribution in [2.75, 3.05) is 16.4 Å². The number of amides is 2. The number of hydrogen-bond donors (Lipinski definition) is 2. The Hall–Kier alpha value is -3.56. The number of carbonyl (C=O) groups is 2. The molecule has 32 heavy (non-hydrogen) atoms. The molecule has 2 N–H and O–H groups in total. The van der Waals surface area contributed by atoms with E-state index in [-0.39, 0.29) is 17.6 Å². The molecule has 2 heterocycles. The third-order valence-electron chi connectivity index (χ3n) is 4.36. The Morgan fingerprint density at radius 1 is 0.938 bits per heavy atom. The molecule has 4 rings (SSSR count). The fourth-order valence-electron chi connectivity index (χ4n) is 2.97. The molecule has 0 atom stereocenters. The average Bonchev–Trinajstić information content (AvgIpc) is 3.43. The zero-order valence-corrected chi connectivity index (χ0v) is 18.6. The fraction of sp³-hybridized carbons (Fsp3) is 0.0909. The second-order valence-corrected chi connectivity index (χ2v) is 8.16. The van der Waals surface area contributed by atoms with Gasteiger partial charge < -0.3 is 10.6 Å². The van der Waals surface area contributed by atoms with Crippen LogP contribution in [-0.2, 0) is 9.59 Å². The minimum absolute atomic E-state index is 0.146. The van der Waals surface area contributed by atoms with Crippen molar-refractivity contribution in [2.45, 2.75) is 12.1 Å². The van der Waals surface area contributed by atoms with E-state index in [1.165, 1.54) is 18.7 Å². The van der Waals surface area contributed by atoms with Crippen LogP contribution in [0.5, 0.6) is 0 Å². The van der Waals surface area contributed by atoms with E-state index >= 15 is 0 Å². The van der Waals surface area contributed by atoms with Crippen LogP contribution in [0.1, 0.15) is 6.92 Å². The van der Waals surface area contributed by atoms with E-state index in [2.05, 4.69) is 20.8 Å². The summed E-state index contributed by atoms with van der Waals surface area (Å²) in [5.74, 6) is 0.447. The molecule has 162 valence electrons. The molecule has 0 fully saturated rings. The number of hydrogen-bond acceptors (Lipinski definition) is 5. The van der Waals surface area contributed by atoms with E-state index in [0.29, 0.717) is 27.4 Å². The summed E-state index contributed by atoms with van der Waals surface area (Å²) < 4.78 is 3.69. The van der Waals surface area contributed by atoms with Crippen molar-refractivity contribution in [3.05, 3.63) is 78.1 Å². The van der Waals surface area contributed by atoms with E-state index in [0.717, 1.165) is 5.56 Å². The molecule has 8 nitrogen and oxygen atoms in total. The minimum atomic E-state index is -0.183. The molecule has 0 radical (unpaired) electrons. The largest absolute Gasteiger partial charge is 0.326 e. The summed E-state index contributed by atoms with van der Waals surface area (Å²) in [5.41, 5.74) is 2.16. The highest BCUT2D eigenvalue weighted by Gasteiger charge is 2.17. The molecule has 0 aliphatic heterocycles. The Morgan fingerprint density at radius 2 is 1.56 bits per heavy atom. The summed E-state index contributed by atoms with van der Waals surface area (Å²) in [5, 5.41) is 15.4. The number of rotatable bonds is 7. The molecular weight excluding hydrogens is 448 g/mol. The molecule has 2 aromatic heterocycles. The maximum Gasteiger partial charge on any atom is 0.234 e. The van der Waals surface area contributed by atoms with Crippen LogP contribution >= 0.6 is 23.4 Å². The van der Waals surface area contributed by atoms with Gasteiger partial charge in [0.05, 0.1) is 5.75 Å². The quantitative estimate of drug-likeness (QED) is 0.394. The molecule has 0 unspecified atom stereocenters. The normalized spacial score (nSPS) is 10.7. The number of nitrogens with one attached hydrogen (secondary N) is 2. The van der Waals surface area contributed by atoms with Gasteiger partial charge in [-0.25, -0.2) is 4.68 Å². The van der Waals surface area contributed by atoms with Crippen LogP contribution in [0.25, 0.3) is 11.4 Å². The first-order chi connectivity index (χ1) is 15.5. The van der Waals surface area contributed by atoms with Crippen LogP contribution in [0.15, 0.2) is 78.2 Å². The lowest BCUT2D eigenvalue weighted by Crippen LogP contribution is -2.16. The van der Waals surface area contributed by atoms with Crippen molar-refractivity contribution in [3.63, 3.8) is 0 Å². The Kier molecular flexibility index (Phi) is 6.58. The molecule has 4 aromatic rings. The van der Waals surface area contributed by atoms with Gasteiger partial charge in [-0.3, -0.25) is 14.3 Å². The number of thioether (sulfide) groups is 1. The van der Waals surface area contributed by atoms with Gasteiger partial charge >= 0.3 is 0 Å². The number of carbonyl (C=O) groups excluding carboxylic acids is 2. The molecule has 0 aliphatic rings. The number of anilines is 2. The van der Waals surface area contributed by atoms with E-state index in [1.807, 2.05) is 46.0 Å². The van der Waals surface area contributed by atoms with Crippen LogP contribution in [0.2, 0.25) is 5.02 Å². The van der Waals surface area contributed by atoms with Gasteiger partial charge in [0.1, 0.15) is 0 Å². The van der Waals surface area contributed by atoms with Crippen LogP contribution in [0.4, 0.5) is 11.4 Å². The summed E-state index contributed by atoms with van der Waals surface area (Å²) in [4.78, 5) is 23.6. The van der Waals surface area contributed by atoms with Gasteiger partial charge in [-0.1, -0.05) is 23.4 Å². The highest BCUT2D eigenvalue weighted by Crippen LogP contribution is 2.25. The van der Waals surface area contributed by atoms with Gasteiger partial charge in [-0.15, -0.1) is 10.2 Å². The van der Waals surface area contributed by atoms with Gasteiger partial charge in [0, 0.05) is 41.3 Å². The van der Waals surface area contributed by atoms with Crippen LogP contribution in [-0.4, -0.2) is 37.1 Å². The Labute approximate surface area is 193 Å². The highest BCUT2D eigenvalue weighted by atomic mass is 35.5. The number of nitrogens with zero attached hydrogens (tertiary/aromatic N) is 4. The van der Waals surface area contributed by atoms with Gasteiger partial charge in [0.15, 0.2) is 5.82 Å². The maximum atomic E-state index is 12.5. The van der Waals surface area contributed by atoms with Crippen molar-refractivity contribution in [1.82, 2.24) is 19.5 Å². The van der Waals surface area contributed by atoms with Gasteiger partial charge in [0.2, 0.25) is 17.0 Å². The zero-order chi connectivity index (χ0) is 22.5. The molecule has 10 heteroatoms. The molecule has 0 aliphatic carbocycles. The van der Waals surface area contributed by atoms with Crippen molar-refractivity contribution in [2.24, 2.45) is 0 Å². The summed E-state index contributed by atoms with van der Waals surface area (Å²) in [6.45, 7) is 1.44. The van der Waals surface area contributed by atoms with E-state index in [9.17, 15) is 9.59 Å². The SMILES string of the molecule is CC(=O)Nc1ccc(NC(=O)CSc2nnc(-c3ccc(Cl)cc3)n2-n2cccc2)cc1. The second kappa shape index (κ2) is 9.71. The average molecular weight is 467 g/mol. The Bertz CT molecular complexity index is 1220. The third kappa shape index (κ3) is 5.19. The highest BCUT2D eigenvalue weighted by molar-refractivity contribution is 7.99. The summed E-state index contributed by atoms with van der Waals surface area (Å²) in [6, 6.07) is 18.1. The van der Waals surface area contributed by atoms with Crippen LogP contribution in [0, 0.1) is 0 Å². The predicted molar refractivity (Wildman–Crippen MR) is 126 cm³/mol. The standard InChI is InChI=1S/C22H19ClN6O2S/c1-15(30)24-18-8-10-19(11-9-18)25-20(31)14-32-22-27-26-21(16-4-6-17(23)7-5-16)29(22)28-12-2-3-13-28/h2-13H,14H2,1H3,(H,24,30)(H,25,31). The molecule has 0 spiro atoms. The molecule has 0 bridgehead atoms.